The molecule has 0 bridgehead atoms. The number of nitrogens with zero attached hydrogens (tertiary/aromatic N) is 1. The van der Waals surface area contributed by atoms with Crippen molar-refractivity contribution in [3.05, 3.63) is 0 Å². The average Bonchev–Trinajstić information content (AvgIpc) is 2.74. The van der Waals surface area contributed by atoms with E-state index in [-0.39, 0.29) is 0 Å². The Morgan fingerprint density at radius 3 is 3.13 bits per heavy atom. The van der Waals surface area contributed by atoms with Gasteiger partial charge in [0, 0.05) is 38.8 Å². The van der Waals surface area contributed by atoms with Crippen LogP contribution in [0.25, 0.3) is 0 Å². The quantitative estimate of drug-likeness (QED) is 0.755. The van der Waals surface area contributed by atoms with Crippen LogP contribution in [0.1, 0.15) is 26.2 Å². The van der Waals surface area contributed by atoms with E-state index in [1.807, 2.05) is 0 Å². The zero-order chi connectivity index (χ0) is 10.5. The lowest BCUT2D eigenvalue weighted by Crippen LogP contribution is -2.52. The molecule has 2 heterocycles. The van der Waals surface area contributed by atoms with Crippen molar-refractivity contribution >= 4 is 0 Å². The molecule has 0 amide bonds. The first-order chi connectivity index (χ1) is 7.40. The number of hydrogen-bond donors (Lipinski definition) is 1. The number of ether oxygens (including phenoxy) is 1. The predicted octanol–water partition coefficient (Wildman–Crippen LogP) is 1.10. The molecule has 2 aliphatic rings. The third-order valence-electron chi connectivity index (χ3n) is 3.61. The van der Waals surface area contributed by atoms with Crippen LogP contribution in [0, 0.1) is 5.92 Å². The van der Waals surface area contributed by atoms with Gasteiger partial charge in [-0.3, -0.25) is 4.90 Å². The second-order valence-corrected chi connectivity index (χ2v) is 4.87. The fraction of sp³-hybridized carbons (Fsp3) is 1.00. The van der Waals surface area contributed by atoms with Gasteiger partial charge in [-0.2, -0.15) is 0 Å². The van der Waals surface area contributed by atoms with E-state index in [1.165, 1.54) is 38.9 Å². The Bertz CT molecular complexity index is 178. The molecule has 3 heteroatoms. The second-order valence-electron chi connectivity index (χ2n) is 4.87. The molecule has 3 nitrogen and oxygen atoms in total. The van der Waals surface area contributed by atoms with E-state index in [1.54, 1.807) is 0 Å². The summed E-state index contributed by atoms with van der Waals surface area (Å²) in [7, 11) is 0. The molecule has 2 rings (SSSR count). The standard InChI is InChI=1S/C12H24N2O/c1-2-3-12-8-13-5-6-14(12)9-11-4-7-15-10-11/h11-13H,2-10H2,1H3. The van der Waals surface area contributed by atoms with Crippen LogP contribution in [0.2, 0.25) is 0 Å². The minimum atomic E-state index is 0.768. The zero-order valence-corrected chi connectivity index (χ0v) is 9.87. The number of rotatable bonds is 4. The summed E-state index contributed by atoms with van der Waals surface area (Å²) < 4.78 is 5.45. The maximum absolute atomic E-state index is 5.45. The van der Waals surface area contributed by atoms with Crippen LogP contribution in [0.4, 0.5) is 0 Å². The van der Waals surface area contributed by atoms with Gasteiger partial charge < -0.3 is 10.1 Å². The van der Waals surface area contributed by atoms with Crippen molar-refractivity contribution in [2.45, 2.75) is 32.2 Å². The van der Waals surface area contributed by atoms with Crippen LogP contribution in [-0.4, -0.2) is 50.3 Å². The molecule has 0 radical (unpaired) electrons. The number of nitrogens with one attached hydrogen (secondary N) is 1. The Kier molecular flexibility index (Phi) is 4.42. The van der Waals surface area contributed by atoms with Gasteiger partial charge in [0.15, 0.2) is 0 Å². The highest BCUT2D eigenvalue weighted by Gasteiger charge is 2.25. The van der Waals surface area contributed by atoms with Gasteiger partial charge in [-0.1, -0.05) is 13.3 Å². The molecule has 0 aliphatic carbocycles. The van der Waals surface area contributed by atoms with E-state index in [0.717, 1.165) is 31.7 Å². The number of hydrogen-bond acceptors (Lipinski definition) is 3. The maximum Gasteiger partial charge on any atom is 0.0507 e. The molecule has 0 aromatic heterocycles. The molecule has 0 saturated carbocycles. The third kappa shape index (κ3) is 3.16. The normalized spacial score (nSPS) is 33.4. The van der Waals surface area contributed by atoms with Gasteiger partial charge >= 0.3 is 0 Å². The minimum absolute atomic E-state index is 0.768. The van der Waals surface area contributed by atoms with E-state index < -0.39 is 0 Å². The van der Waals surface area contributed by atoms with Gasteiger partial charge in [0.25, 0.3) is 0 Å². The Morgan fingerprint density at radius 1 is 1.47 bits per heavy atom. The molecule has 88 valence electrons. The Balaban J connectivity index is 1.80. The summed E-state index contributed by atoms with van der Waals surface area (Å²) in [4.78, 5) is 2.68. The van der Waals surface area contributed by atoms with Gasteiger partial charge in [-0.15, -0.1) is 0 Å². The summed E-state index contributed by atoms with van der Waals surface area (Å²) in [6.07, 6.45) is 3.90. The van der Waals surface area contributed by atoms with Gasteiger partial charge in [0.2, 0.25) is 0 Å². The predicted molar refractivity (Wildman–Crippen MR) is 62.1 cm³/mol. The summed E-state index contributed by atoms with van der Waals surface area (Å²) in [5.41, 5.74) is 0. The lowest BCUT2D eigenvalue weighted by molar-refractivity contribution is 0.118. The molecule has 2 unspecified atom stereocenters. The summed E-state index contributed by atoms with van der Waals surface area (Å²) in [5.74, 6) is 0.794. The molecule has 15 heavy (non-hydrogen) atoms. The van der Waals surface area contributed by atoms with E-state index in [4.69, 9.17) is 4.74 Å². The van der Waals surface area contributed by atoms with E-state index in [9.17, 15) is 0 Å². The first kappa shape index (κ1) is 11.4. The van der Waals surface area contributed by atoms with Crippen LogP contribution in [0.3, 0.4) is 0 Å². The lowest BCUT2D eigenvalue weighted by atomic mass is 10.0. The molecular formula is C12H24N2O. The molecule has 2 atom stereocenters. The van der Waals surface area contributed by atoms with Crippen molar-refractivity contribution < 1.29 is 4.74 Å². The first-order valence-corrected chi connectivity index (χ1v) is 6.42. The van der Waals surface area contributed by atoms with Crippen molar-refractivity contribution in [1.82, 2.24) is 10.2 Å². The van der Waals surface area contributed by atoms with Crippen LogP contribution < -0.4 is 5.32 Å². The Labute approximate surface area is 93.2 Å². The van der Waals surface area contributed by atoms with Crippen molar-refractivity contribution in [3.63, 3.8) is 0 Å². The number of piperazine rings is 1. The zero-order valence-electron chi connectivity index (χ0n) is 9.87. The molecule has 0 aromatic rings. The molecular weight excluding hydrogens is 188 g/mol. The first-order valence-electron chi connectivity index (χ1n) is 6.42. The summed E-state index contributed by atoms with van der Waals surface area (Å²) in [6, 6.07) is 0.768. The summed E-state index contributed by atoms with van der Waals surface area (Å²) >= 11 is 0. The molecule has 2 fully saturated rings. The van der Waals surface area contributed by atoms with Crippen molar-refractivity contribution in [3.8, 4) is 0 Å². The monoisotopic (exact) mass is 212 g/mol. The maximum atomic E-state index is 5.45. The SMILES string of the molecule is CCCC1CNCCN1CC1CCOC1. The second kappa shape index (κ2) is 5.83. The molecule has 1 N–H and O–H groups in total. The summed E-state index contributed by atoms with van der Waals surface area (Å²) in [5, 5.41) is 3.50. The molecule has 2 aliphatic heterocycles. The fourth-order valence-corrected chi connectivity index (χ4v) is 2.72. The van der Waals surface area contributed by atoms with Crippen molar-refractivity contribution in [1.29, 1.82) is 0 Å². The van der Waals surface area contributed by atoms with Crippen LogP contribution in [-0.2, 0) is 4.74 Å². The Hall–Kier alpha value is -0.120. The highest BCUT2D eigenvalue weighted by molar-refractivity contribution is 4.82. The van der Waals surface area contributed by atoms with Gasteiger partial charge in [-0.25, -0.2) is 0 Å². The van der Waals surface area contributed by atoms with E-state index in [2.05, 4.69) is 17.1 Å². The van der Waals surface area contributed by atoms with E-state index in [0.29, 0.717) is 0 Å². The van der Waals surface area contributed by atoms with Crippen LogP contribution in [0.5, 0.6) is 0 Å². The van der Waals surface area contributed by atoms with Gasteiger partial charge in [0.1, 0.15) is 0 Å². The molecule has 0 spiro atoms. The molecule has 2 saturated heterocycles. The summed E-state index contributed by atoms with van der Waals surface area (Å²) in [6.45, 7) is 9.08. The van der Waals surface area contributed by atoms with Crippen molar-refractivity contribution in [2.75, 3.05) is 39.4 Å². The van der Waals surface area contributed by atoms with E-state index >= 15 is 0 Å². The molecule has 0 aromatic carbocycles. The largest absolute Gasteiger partial charge is 0.381 e. The minimum Gasteiger partial charge on any atom is -0.381 e. The Morgan fingerprint density at radius 2 is 2.40 bits per heavy atom. The van der Waals surface area contributed by atoms with Gasteiger partial charge in [-0.05, 0) is 18.8 Å². The highest BCUT2D eigenvalue weighted by Crippen LogP contribution is 2.17. The van der Waals surface area contributed by atoms with Crippen LogP contribution in [0.15, 0.2) is 0 Å². The smallest absolute Gasteiger partial charge is 0.0507 e. The van der Waals surface area contributed by atoms with Crippen LogP contribution >= 0.6 is 0 Å². The average molecular weight is 212 g/mol. The van der Waals surface area contributed by atoms with Crippen molar-refractivity contribution in [2.24, 2.45) is 5.92 Å². The lowest BCUT2D eigenvalue weighted by Gasteiger charge is -2.37. The highest BCUT2D eigenvalue weighted by atomic mass is 16.5. The third-order valence-corrected chi connectivity index (χ3v) is 3.61. The fourth-order valence-electron chi connectivity index (χ4n) is 2.72. The van der Waals surface area contributed by atoms with Gasteiger partial charge in [0.05, 0.1) is 6.61 Å². The topological polar surface area (TPSA) is 24.5 Å².